The zero-order chi connectivity index (χ0) is 54.2. The van der Waals surface area contributed by atoms with Crippen molar-refractivity contribution in [2.24, 2.45) is 5.73 Å². The van der Waals surface area contributed by atoms with E-state index in [1.807, 2.05) is 0 Å². The Hall–Kier alpha value is -4.81. The van der Waals surface area contributed by atoms with Crippen molar-refractivity contribution in [2.45, 2.75) is 87.6 Å². The van der Waals surface area contributed by atoms with Gasteiger partial charge in [0.2, 0.25) is 11.2 Å². The fourth-order valence-corrected chi connectivity index (χ4v) is 6.89. The van der Waals surface area contributed by atoms with Gasteiger partial charge in [-0.1, -0.05) is 119 Å². The molecule has 0 fully saturated rings. The van der Waals surface area contributed by atoms with Crippen molar-refractivity contribution in [3.8, 4) is 0 Å². The Morgan fingerprint density at radius 1 is 0.597 bits per heavy atom. The molecule has 0 aliphatic heterocycles. The molecule has 72 heavy (non-hydrogen) atoms. The summed E-state index contributed by atoms with van der Waals surface area (Å²) in [4.78, 5) is 54.0. The predicted molar refractivity (Wildman–Crippen MR) is 244 cm³/mol. The van der Waals surface area contributed by atoms with Crippen LogP contribution in [0.3, 0.4) is 0 Å². The van der Waals surface area contributed by atoms with E-state index in [2.05, 4.69) is 23.1 Å². The number of rotatable bonds is 20. The number of carboxylic acid groups (broad SMARTS) is 1. The third-order valence-electron chi connectivity index (χ3n) is 9.57. The number of nitrogens with two attached hydrogens (primary N) is 1. The number of ketones is 3. The maximum absolute atomic E-state index is 14.1. The normalized spacial score (nSPS) is 13.3. The van der Waals surface area contributed by atoms with E-state index in [4.69, 9.17) is 66.7 Å². The largest absolute Gasteiger partial charge is 0.476 e. The summed E-state index contributed by atoms with van der Waals surface area (Å²) in [7, 11) is 0. The van der Waals surface area contributed by atoms with Crippen molar-refractivity contribution in [3.05, 3.63) is 152 Å². The molecule has 0 saturated carbocycles. The van der Waals surface area contributed by atoms with Gasteiger partial charge in [0.05, 0.1) is 40.9 Å². The summed E-state index contributed by atoms with van der Waals surface area (Å²) in [5.41, 5.74) is -4.08. The molecule has 0 aliphatic carbocycles. The topological polar surface area (TPSA) is 159 Å². The van der Waals surface area contributed by atoms with Gasteiger partial charge in [0.1, 0.15) is 16.0 Å². The lowest BCUT2D eigenvalue weighted by Gasteiger charge is -2.34. The number of benzene rings is 2. The smallest absolute Gasteiger partial charge is 0.424 e. The number of alkyl halides is 12. The van der Waals surface area contributed by atoms with E-state index in [-0.39, 0.29) is 31.9 Å². The second kappa shape index (κ2) is 28.0. The minimum Gasteiger partial charge on any atom is -0.476 e. The molecule has 2 atom stereocenters. The van der Waals surface area contributed by atoms with E-state index in [0.29, 0.717) is 23.3 Å². The third-order valence-corrected chi connectivity index (χ3v) is 10.7. The molecule has 0 spiro atoms. The van der Waals surface area contributed by atoms with E-state index >= 15 is 0 Å². The maximum atomic E-state index is 14.1. The molecule has 2 aromatic carbocycles. The Morgan fingerprint density at radius 3 is 1.29 bits per heavy atom. The maximum Gasteiger partial charge on any atom is 0.424 e. The molecule has 2 heterocycles. The van der Waals surface area contributed by atoms with Crippen LogP contribution in [0, 0.1) is 0 Å². The first-order valence-electron chi connectivity index (χ1n) is 19.9. The summed E-state index contributed by atoms with van der Waals surface area (Å²) in [5, 5.41) is 5.19. The fraction of sp³-hybridized carbons (Fsp3) is 0.333. The molecule has 0 saturated heterocycles. The predicted octanol–water partition coefficient (Wildman–Crippen LogP) is 13.9. The molecule has 0 bridgehead atoms. The zero-order valence-electron chi connectivity index (χ0n) is 36.7. The van der Waals surface area contributed by atoms with Gasteiger partial charge >= 0.3 is 30.7 Å². The number of carboxylic acids is 1. The highest BCUT2D eigenvalue weighted by atomic mass is 35.5. The van der Waals surface area contributed by atoms with Gasteiger partial charge in [0.25, 0.3) is 0 Å². The van der Waals surface area contributed by atoms with Crippen LogP contribution in [0.5, 0.6) is 0 Å². The van der Waals surface area contributed by atoms with Crippen LogP contribution in [-0.4, -0.2) is 68.5 Å². The highest BCUT2D eigenvalue weighted by molar-refractivity contribution is 6.35. The molecule has 3 N–H and O–H groups in total. The van der Waals surface area contributed by atoms with Crippen LogP contribution < -0.4 is 5.73 Å². The molecule has 2 aromatic heterocycles. The van der Waals surface area contributed by atoms with Crippen LogP contribution in [0.2, 0.25) is 20.4 Å². The summed E-state index contributed by atoms with van der Waals surface area (Å²) in [6.07, 6.45) is -20.3. The SMILES string of the molecule is C=CCCC(OCc1ccccc1)(C(=O)CCC(=O)c1nc(Cl)c(C(F)(F)F)cc1Cl)C(F)(F)F.C=CCCC(OCc1ccccc1)(C(=O)CN)C(F)(F)F.Cl.O=C(O)c1nc(Cl)c(C(F)(F)F)cc1Cl. The van der Waals surface area contributed by atoms with Gasteiger partial charge in [-0.3, -0.25) is 14.4 Å². The van der Waals surface area contributed by atoms with E-state index in [9.17, 15) is 71.9 Å². The van der Waals surface area contributed by atoms with Crippen molar-refractivity contribution >= 4 is 82.1 Å². The lowest BCUT2D eigenvalue weighted by molar-refractivity contribution is -0.272. The van der Waals surface area contributed by atoms with Crippen LogP contribution in [0.1, 0.15) is 81.8 Å². The molecule has 2 unspecified atom stereocenters. The van der Waals surface area contributed by atoms with Crippen LogP contribution >= 0.6 is 58.8 Å². The Morgan fingerprint density at radius 2 is 0.958 bits per heavy atom. The van der Waals surface area contributed by atoms with Crippen molar-refractivity contribution in [1.82, 2.24) is 9.97 Å². The summed E-state index contributed by atoms with van der Waals surface area (Å²) in [6, 6.07) is 17.0. The Kier molecular flexibility index (Phi) is 25.4. The van der Waals surface area contributed by atoms with Gasteiger partial charge in [-0.05, 0) is 48.9 Å². The van der Waals surface area contributed by atoms with E-state index < -0.39 is 141 Å². The number of nitrogens with zero attached hydrogens (tertiary/aromatic N) is 2. The van der Waals surface area contributed by atoms with Crippen molar-refractivity contribution in [2.75, 3.05) is 6.54 Å². The van der Waals surface area contributed by atoms with Crippen LogP contribution in [0.25, 0.3) is 0 Å². The van der Waals surface area contributed by atoms with Crippen LogP contribution in [0.4, 0.5) is 52.7 Å². The number of aromatic carboxylic acids is 1. The number of carbonyl (C=O) groups excluding carboxylic acids is 3. The van der Waals surface area contributed by atoms with E-state index in [0.717, 1.165) is 0 Å². The average Bonchev–Trinajstić information content (AvgIpc) is 3.28. The van der Waals surface area contributed by atoms with Gasteiger partial charge in [0, 0.05) is 12.8 Å². The quantitative estimate of drug-likeness (QED) is 0.0377. The van der Waals surface area contributed by atoms with Gasteiger partial charge < -0.3 is 20.3 Å². The lowest BCUT2D eigenvalue weighted by Crippen LogP contribution is -2.56. The number of allylic oxidation sites excluding steroid dienone is 2. The minimum absolute atomic E-state index is 0. The van der Waals surface area contributed by atoms with Crippen LogP contribution in [0.15, 0.2) is 98.1 Å². The standard InChI is InChI=1S/C23H19Cl2F6NO3.C15H18F3NO2.C7H2Cl2F3NO2.ClH/c1-2-3-11-21(23(29,30)31,35-13-14-7-5-4-6-8-14)18(34)10-9-17(33)19-16(24)12-15(20(25)32-19)22(26,27)28;1-2-3-9-14(13(20)10-19,15(16,17)18)21-11-12-7-5-4-6-8-12;8-3-1-2(7(10,11)12)5(9)13-4(3)6(14)15;/h2,4-8,12H,1,3,9-11,13H2;2,4-8H,1,3,9-11,19H2;1H,(H,14,15);1H. The molecule has 0 amide bonds. The molecule has 0 aliphatic rings. The first-order chi connectivity index (χ1) is 32.8. The third kappa shape index (κ3) is 18.0. The summed E-state index contributed by atoms with van der Waals surface area (Å²) in [6.45, 7) is 5.18. The number of halogens is 17. The monoisotopic (exact) mass is 1140 g/mol. The van der Waals surface area contributed by atoms with Gasteiger partial charge in [-0.25, -0.2) is 14.8 Å². The minimum atomic E-state index is -5.13. The number of hydrogen-bond acceptors (Lipinski definition) is 9. The Bertz CT molecular complexity index is 2480. The first-order valence-corrected chi connectivity index (χ1v) is 21.4. The Labute approximate surface area is 428 Å². The number of aromatic nitrogens is 2. The van der Waals surface area contributed by atoms with E-state index in [1.54, 1.807) is 48.5 Å². The summed E-state index contributed by atoms with van der Waals surface area (Å²) >= 11 is 21.7. The first kappa shape index (κ1) is 65.2. The molecule has 0 radical (unpaired) electrons. The molecular formula is C45H40Cl5F12N3O7. The number of ether oxygens (including phenoxy) is 2. The van der Waals surface area contributed by atoms with Crippen molar-refractivity contribution < 1.29 is 86.4 Å². The fourth-order valence-electron chi connectivity index (χ4n) is 5.91. The highest BCUT2D eigenvalue weighted by Gasteiger charge is 2.61. The highest BCUT2D eigenvalue weighted by Crippen LogP contribution is 2.42. The molecule has 4 aromatic rings. The summed E-state index contributed by atoms with van der Waals surface area (Å²) in [5.74, 6) is -5.20. The van der Waals surface area contributed by atoms with Crippen molar-refractivity contribution in [1.29, 1.82) is 0 Å². The van der Waals surface area contributed by atoms with Crippen molar-refractivity contribution in [3.63, 3.8) is 0 Å². The second-order valence-electron chi connectivity index (χ2n) is 14.4. The zero-order valence-corrected chi connectivity index (χ0v) is 40.5. The number of hydrogen-bond donors (Lipinski definition) is 2. The molecule has 4 rings (SSSR count). The van der Waals surface area contributed by atoms with Gasteiger partial charge in [-0.2, -0.15) is 52.7 Å². The average molecular weight is 1140 g/mol. The number of pyridine rings is 2. The number of carbonyl (C=O) groups is 4. The van der Waals surface area contributed by atoms with Gasteiger partial charge in [-0.15, -0.1) is 25.6 Å². The van der Waals surface area contributed by atoms with E-state index in [1.165, 1.54) is 24.3 Å². The van der Waals surface area contributed by atoms with Gasteiger partial charge in [0.15, 0.2) is 23.0 Å². The second-order valence-corrected chi connectivity index (χ2v) is 16.0. The van der Waals surface area contributed by atoms with Crippen LogP contribution in [-0.2, 0) is 44.6 Å². The molecular weight excluding hydrogens is 1100 g/mol. The molecule has 10 nitrogen and oxygen atoms in total. The Balaban J connectivity index is 0.000000593. The molecule has 396 valence electrons. The summed E-state index contributed by atoms with van der Waals surface area (Å²) < 4.78 is 168. The lowest BCUT2D eigenvalue weighted by atomic mass is 9.88. The number of Topliss-reactive ketones (excluding diaryl/α,β-unsaturated/α-hetero) is 3. The molecule has 27 heteroatoms.